The molecule has 1 aromatic carbocycles. The smallest absolute Gasteiger partial charge is 0.192 e. The van der Waals surface area contributed by atoms with Crippen LogP contribution in [0.5, 0.6) is 0 Å². The van der Waals surface area contributed by atoms with E-state index in [0.717, 1.165) is 35.9 Å². The Labute approximate surface area is 246 Å². The van der Waals surface area contributed by atoms with Crippen molar-refractivity contribution in [2.45, 2.75) is 97.4 Å². The third kappa shape index (κ3) is 16.1. The largest absolute Gasteiger partial charge is 0.301 e. The molecule has 2 aliphatic carbocycles. The van der Waals surface area contributed by atoms with Gasteiger partial charge in [-0.15, -0.1) is 17.9 Å². The van der Waals surface area contributed by atoms with E-state index >= 15 is 0 Å². The standard InChI is InChI=1S/C11H24N2.C10H8ClFN2S2.C5H8.2C2H6/c1-4-12(2)10-13(3)11-8-6-5-7-9-11;1-6-4-8(12)9(5-7(6)11)16-14-10-13-2-3-15-10;1-2-5-3-4-5;2*1-2/h11H,4-10H2,1-3H3;2-5H,1H3,(H,13,14);2,5H,1,3-4H2;2*1-2H3. The van der Waals surface area contributed by atoms with Gasteiger partial charge in [-0.25, -0.2) is 9.37 Å². The zero-order chi connectivity index (χ0) is 28.9. The van der Waals surface area contributed by atoms with Gasteiger partial charge < -0.3 is 4.72 Å². The highest BCUT2D eigenvalue weighted by atomic mass is 35.5. The zero-order valence-electron chi connectivity index (χ0n) is 25.0. The van der Waals surface area contributed by atoms with Crippen molar-refractivity contribution in [2.24, 2.45) is 5.92 Å². The molecule has 0 aliphatic heterocycles. The minimum absolute atomic E-state index is 0.282. The highest BCUT2D eigenvalue weighted by molar-refractivity contribution is 8.00. The van der Waals surface area contributed by atoms with Gasteiger partial charge >= 0.3 is 0 Å². The first-order chi connectivity index (χ1) is 18.3. The summed E-state index contributed by atoms with van der Waals surface area (Å²) in [6, 6.07) is 3.88. The van der Waals surface area contributed by atoms with E-state index in [9.17, 15) is 4.39 Å². The summed E-state index contributed by atoms with van der Waals surface area (Å²) in [6.07, 6.45) is 13.6. The summed E-state index contributed by atoms with van der Waals surface area (Å²) in [6.45, 7) is 17.9. The van der Waals surface area contributed by atoms with Crippen molar-refractivity contribution in [3.63, 3.8) is 0 Å². The summed E-state index contributed by atoms with van der Waals surface area (Å²) in [5.41, 5.74) is 0.734. The normalized spacial score (nSPS) is 14.5. The van der Waals surface area contributed by atoms with E-state index < -0.39 is 0 Å². The number of aromatic nitrogens is 1. The molecule has 0 amide bonds. The van der Waals surface area contributed by atoms with Crippen molar-refractivity contribution in [3.8, 4) is 0 Å². The Bertz CT molecular complexity index is 841. The fourth-order valence-corrected chi connectivity index (χ4v) is 5.03. The van der Waals surface area contributed by atoms with Gasteiger partial charge in [0.15, 0.2) is 5.13 Å². The van der Waals surface area contributed by atoms with Crippen LogP contribution in [0.25, 0.3) is 0 Å². The molecular weight excluding hydrogens is 535 g/mol. The third-order valence-corrected chi connectivity index (χ3v) is 8.10. The highest BCUT2D eigenvalue weighted by Gasteiger charge is 2.18. The lowest BCUT2D eigenvalue weighted by Gasteiger charge is -2.33. The fraction of sp³-hybridized carbons (Fsp3) is 0.633. The average molecular weight is 587 g/mol. The predicted molar refractivity (Wildman–Crippen MR) is 171 cm³/mol. The van der Waals surface area contributed by atoms with Crippen molar-refractivity contribution >= 4 is 40.0 Å². The van der Waals surface area contributed by atoms with E-state index in [1.165, 1.54) is 74.3 Å². The Morgan fingerprint density at radius 1 is 1.13 bits per heavy atom. The van der Waals surface area contributed by atoms with Crippen LogP contribution in [0.1, 0.15) is 85.1 Å². The molecule has 4 nitrogen and oxygen atoms in total. The Morgan fingerprint density at radius 2 is 1.76 bits per heavy atom. The number of rotatable bonds is 8. The molecule has 0 unspecified atom stereocenters. The van der Waals surface area contributed by atoms with Gasteiger partial charge in [0.2, 0.25) is 0 Å². The lowest BCUT2D eigenvalue weighted by Crippen LogP contribution is -2.40. The van der Waals surface area contributed by atoms with Gasteiger partial charge in [0.25, 0.3) is 0 Å². The van der Waals surface area contributed by atoms with Gasteiger partial charge in [-0.3, -0.25) is 9.80 Å². The third-order valence-electron chi connectivity index (χ3n) is 6.05. The van der Waals surface area contributed by atoms with Gasteiger partial charge in [0.05, 0.1) is 11.6 Å². The fourth-order valence-electron chi connectivity index (χ4n) is 3.53. The summed E-state index contributed by atoms with van der Waals surface area (Å²) in [5, 5.41) is 3.15. The van der Waals surface area contributed by atoms with Crippen LogP contribution in [0.15, 0.2) is 41.3 Å². The van der Waals surface area contributed by atoms with Crippen LogP contribution in [0.3, 0.4) is 0 Å². The molecule has 2 fully saturated rings. The van der Waals surface area contributed by atoms with E-state index in [2.05, 4.69) is 47.1 Å². The van der Waals surface area contributed by atoms with Gasteiger partial charge in [0, 0.05) is 22.6 Å². The summed E-state index contributed by atoms with van der Waals surface area (Å²) < 4.78 is 16.5. The molecular formula is C30H52ClFN4S2. The first-order valence-electron chi connectivity index (χ1n) is 14.1. The molecule has 1 N–H and O–H groups in total. The van der Waals surface area contributed by atoms with Crippen LogP contribution >= 0.6 is 34.9 Å². The number of halogens is 2. The summed E-state index contributed by atoms with van der Waals surface area (Å²) in [7, 11) is 4.46. The van der Waals surface area contributed by atoms with Crippen LogP contribution in [-0.4, -0.2) is 48.1 Å². The molecule has 2 aromatic rings. The van der Waals surface area contributed by atoms with Gasteiger partial charge in [-0.1, -0.05) is 71.6 Å². The number of benzene rings is 1. The second-order valence-corrected chi connectivity index (χ2v) is 11.2. The van der Waals surface area contributed by atoms with E-state index in [1.54, 1.807) is 19.2 Å². The number of nitrogens with one attached hydrogen (secondary N) is 1. The van der Waals surface area contributed by atoms with Gasteiger partial charge in [-0.05, 0) is 88.8 Å². The van der Waals surface area contributed by atoms with E-state index in [4.69, 9.17) is 11.6 Å². The molecule has 0 bridgehead atoms. The Morgan fingerprint density at radius 3 is 2.24 bits per heavy atom. The lowest BCUT2D eigenvalue weighted by molar-refractivity contribution is 0.118. The summed E-state index contributed by atoms with van der Waals surface area (Å²) >= 11 is 8.55. The van der Waals surface area contributed by atoms with Gasteiger partial charge in [-0.2, -0.15) is 0 Å². The van der Waals surface area contributed by atoms with Crippen molar-refractivity contribution in [3.05, 3.63) is 52.8 Å². The number of hydrogen-bond acceptors (Lipinski definition) is 6. The Kier molecular flexibility index (Phi) is 22.0. The molecule has 218 valence electrons. The minimum Gasteiger partial charge on any atom is -0.301 e. The van der Waals surface area contributed by atoms with Crippen LogP contribution in [-0.2, 0) is 0 Å². The van der Waals surface area contributed by atoms with Crippen LogP contribution in [0.2, 0.25) is 5.02 Å². The topological polar surface area (TPSA) is 31.4 Å². The second-order valence-electron chi connectivity index (χ2n) is 9.01. The maximum Gasteiger partial charge on any atom is 0.192 e. The van der Waals surface area contributed by atoms with Crippen molar-refractivity contribution < 1.29 is 4.39 Å². The Hall–Kier alpha value is -1.12. The molecule has 0 spiro atoms. The molecule has 0 saturated heterocycles. The van der Waals surface area contributed by atoms with E-state index in [0.29, 0.717) is 9.92 Å². The van der Waals surface area contributed by atoms with Crippen LogP contribution in [0, 0.1) is 18.7 Å². The molecule has 2 aliphatic rings. The van der Waals surface area contributed by atoms with E-state index in [1.807, 2.05) is 39.2 Å². The maximum atomic E-state index is 13.5. The first kappa shape index (κ1) is 36.9. The molecule has 8 heteroatoms. The van der Waals surface area contributed by atoms with Crippen molar-refractivity contribution in [2.75, 3.05) is 32.0 Å². The summed E-state index contributed by atoms with van der Waals surface area (Å²) in [4.78, 5) is 9.38. The number of nitrogens with zero attached hydrogens (tertiary/aromatic N) is 3. The average Bonchev–Trinajstić information content (AvgIpc) is 3.66. The lowest BCUT2D eigenvalue weighted by atomic mass is 9.95. The number of hydrogen-bond donors (Lipinski definition) is 1. The molecule has 38 heavy (non-hydrogen) atoms. The molecule has 2 saturated carbocycles. The molecule has 0 radical (unpaired) electrons. The quantitative estimate of drug-likeness (QED) is 0.189. The molecule has 1 aromatic heterocycles. The minimum atomic E-state index is -0.282. The maximum absolute atomic E-state index is 13.5. The van der Waals surface area contributed by atoms with Crippen molar-refractivity contribution in [1.82, 2.24) is 14.8 Å². The molecule has 1 heterocycles. The molecule has 4 rings (SSSR count). The summed E-state index contributed by atoms with van der Waals surface area (Å²) in [5.74, 6) is 0.617. The monoisotopic (exact) mass is 586 g/mol. The highest BCUT2D eigenvalue weighted by Crippen LogP contribution is 2.29. The number of allylic oxidation sites excluding steroid dienone is 1. The predicted octanol–water partition coefficient (Wildman–Crippen LogP) is 10.2. The van der Waals surface area contributed by atoms with Crippen molar-refractivity contribution in [1.29, 1.82) is 0 Å². The zero-order valence-corrected chi connectivity index (χ0v) is 27.4. The first-order valence-corrected chi connectivity index (χ1v) is 16.2. The van der Waals surface area contributed by atoms with Crippen LogP contribution < -0.4 is 4.72 Å². The number of thiazole rings is 1. The molecule has 0 atom stereocenters. The second kappa shape index (κ2) is 22.7. The number of aryl methyl sites for hydroxylation is 1. The van der Waals surface area contributed by atoms with E-state index in [-0.39, 0.29) is 5.82 Å². The Balaban J connectivity index is 0.000000555. The number of anilines is 1. The van der Waals surface area contributed by atoms with Crippen LogP contribution in [0.4, 0.5) is 9.52 Å². The SMILES string of the molecule is C=CC1CC1.CC.CC.CCN(C)CN(C)C1CCCCC1.Cc1cc(F)c(SNc2nccs2)cc1Cl. The van der Waals surface area contributed by atoms with Gasteiger partial charge in [0.1, 0.15) is 5.82 Å².